The third-order valence-electron chi connectivity index (χ3n) is 5.33. The number of alkyl halides is 3. The maximum absolute atomic E-state index is 14.0. The Labute approximate surface area is 224 Å². The lowest BCUT2D eigenvalue weighted by atomic mass is 10.2. The SMILES string of the molecule is CC(=O)N(O)CCC(F)CNC(=O)CCC(=O)N(O)CCC(F)CNC(=O)CCC(=O)N(O)CCC(F)CN. The Morgan fingerprint density at radius 2 is 1.03 bits per heavy atom. The van der Waals surface area contributed by atoms with Gasteiger partial charge in [-0.05, 0) is 6.42 Å². The van der Waals surface area contributed by atoms with Crippen LogP contribution in [0.4, 0.5) is 13.2 Å². The van der Waals surface area contributed by atoms with Gasteiger partial charge in [0, 0.05) is 65.1 Å². The summed E-state index contributed by atoms with van der Waals surface area (Å²) in [5, 5.41) is 33.7. The van der Waals surface area contributed by atoms with Crippen LogP contribution < -0.4 is 16.4 Å². The van der Waals surface area contributed by atoms with Crippen molar-refractivity contribution in [3.63, 3.8) is 0 Å². The first-order valence-corrected chi connectivity index (χ1v) is 12.4. The molecule has 226 valence electrons. The largest absolute Gasteiger partial charge is 0.353 e. The molecule has 7 N–H and O–H groups in total. The summed E-state index contributed by atoms with van der Waals surface area (Å²) in [5.41, 5.74) is 5.09. The van der Waals surface area contributed by atoms with E-state index in [4.69, 9.17) is 10.9 Å². The fourth-order valence-corrected chi connectivity index (χ4v) is 2.84. The van der Waals surface area contributed by atoms with Crippen molar-refractivity contribution in [3.8, 4) is 0 Å². The molecule has 0 bridgehead atoms. The molecule has 0 aliphatic rings. The molecule has 39 heavy (non-hydrogen) atoms. The summed E-state index contributed by atoms with van der Waals surface area (Å²) in [6.45, 7) is -1.02. The Hall–Kier alpha value is -3.02. The normalized spacial score (nSPS) is 13.1. The number of hydroxylamine groups is 6. The summed E-state index contributed by atoms with van der Waals surface area (Å²) in [7, 11) is 0. The summed E-state index contributed by atoms with van der Waals surface area (Å²) < 4.78 is 40.7. The molecule has 0 heterocycles. The molecule has 14 nitrogen and oxygen atoms in total. The van der Waals surface area contributed by atoms with Crippen LogP contribution in [0.3, 0.4) is 0 Å². The highest BCUT2D eigenvalue weighted by Gasteiger charge is 2.19. The van der Waals surface area contributed by atoms with Crippen molar-refractivity contribution in [2.45, 2.75) is 70.4 Å². The molecule has 0 saturated heterocycles. The van der Waals surface area contributed by atoms with E-state index in [9.17, 15) is 47.6 Å². The first kappa shape index (κ1) is 36.0. The van der Waals surface area contributed by atoms with E-state index in [1.807, 2.05) is 0 Å². The highest BCUT2D eigenvalue weighted by atomic mass is 19.1. The Bertz CT molecular complexity index is 797. The number of hydrogen-bond donors (Lipinski definition) is 6. The molecule has 0 aromatic heterocycles. The molecule has 3 atom stereocenters. The van der Waals surface area contributed by atoms with Crippen LogP contribution in [0.5, 0.6) is 0 Å². The van der Waals surface area contributed by atoms with Gasteiger partial charge in [0.2, 0.25) is 29.5 Å². The van der Waals surface area contributed by atoms with Crippen molar-refractivity contribution in [1.29, 1.82) is 0 Å². The number of amides is 5. The highest BCUT2D eigenvalue weighted by molar-refractivity contribution is 5.83. The minimum atomic E-state index is -1.65. The predicted molar refractivity (Wildman–Crippen MR) is 128 cm³/mol. The standard InChI is InChI=1S/C22H39F3N6O8/c1-15(32)29(37)9-7-17(24)13-27-19(33)3-5-22(36)31(39)11-8-18(25)14-28-20(34)2-4-21(35)30(38)10-6-16(23)12-26/h16-18,37-39H,2-14,26H2,1H3,(H,27,33)(H,28,34). The van der Waals surface area contributed by atoms with Crippen LogP contribution in [0.1, 0.15) is 51.9 Å². The number of rotatable bonds is 20. The Balaban J connectivity index is 4.07. The molecule has 0 radical (unpaired) electrons. The molecule has 0 aromatic carbocycles. The topological polar surface area (TPSA) is 206 Å². The first-order valence-electron chi connectivity index (χ1n) is 12.4. The molecule has 0 spiro atoms. The van der Waals surface area contributed by atoms with Gasteiger partial charge in [0.05, 0.1) is 19.6 Å². The van der Waals surface area contributed by atoms with Gasteiger partial charge in [0.1, 0.15) is 18.5 Å². The zero-order valence-electron chi connectivity index (χ0n) is 21.9. The van der Waals surface area contributed by atoms with Crippen molar-refractivity contribution in [2.75, 3.05) is 39.3 Å². The fourth-order valence-electron chi connectivity index (χ4n) is 2.84. The third-order valence-corrected chi connectivity index (χ3v) is 5.33. The summed E-state index contributed by atoms with van der Waals surface area (Å²) in [6.07, 6.45) is -6.87. The average Bonchev–Trinajstić information content (AvgIpc) is 2.91. The van der Waals surface area contributed by atoms with Gasteiger partial charge in [-0.25, -0.2) is 28.4 Å². The maximum atomic E-state index is 14.0. The van der Waals surface area contributed by atoms with Gasteiger partial charge in [0.25, 0.3) is 0 Å². The van der Waals surface area contributed by atoms with Crippen molar-refractivity contribution < 1.29 is 52.8 Å². The van der Waals surface area contributed by atoms with E-state index in [2.05, 4.69) is 10.6 Å². The average molecular weight is 573 g/mol. The molecule has 0 fully saturated rings. The lowest BCUT2D eigenvalue weighted by Crippen LogP contribution is -2.36. The number of nitrogens with one attached hydrogen (secondary N) is 2. The third kappa shape index (κ3) is 18.0. The van der Waals surface area contributed by atoms with E-state index in [1.165, 1.54) is 0 Å². The number of nitrogens with zero attached hydrogens (tertiary/aromatic N) is 3. The van der Waals surface area contributed by atoms with Crippen LogP contribution in [-0.2, 0) is 24.0 Å². The molecule has 0 rings (SSSR count). The molecule has 0 aromatic rings. The lowest BCUT2D eigenvalue weighted by Gasteiger charge is -2.17. The van der Waals surface area contributed by atoms with Crippen molar-refractivity contribution >= 4 is 29.5 Å². The van der Waals surface area contributed by atoms with Gasteiger partial charge >= 0.3 is 0 Å². The van der Waals surface area contributed by atoms with Gasteiger partial charge in [-0.1, -0.05) is 0 Å². The Morgan fingerprint density at radius 3 is 1.38 bits per heavy atom. The number of nitrogens with two attached hydrogens (primary N) is 1. The maximum Gasteiger partial charge on any atom is 0.246 e. The van der Waals surface area contributed by atoms with Gasteiger partial charge in [0.15, 0.2) is 0 Å². The summed E-state index contributed by atoms with van der Waals surface area (Å²) >= 11 is 0. The van der Waals surface area contributed by atoms with Crippen LogP contribution in [-0.4, -0.2) is 118 Å². The van der Waals surface area contributed by atoms with E-state index < -0.39 is 80.5 Å². The lowest BCUT2D eigenvalue weighted by molar-refractivity contribution is -0.166. The van der Waals surface area contributed by atoms with E-state index in [-0.39, 0.29) is 61.9 Å². The van der Waals surface area contributed by atoms with E-state index >= 15 is 0 Å². The first-order chi connectivity index (χ1) is 18.3. The molecule has 17 heteroatoms. The van der Waals surface area contributed by atoms with Crippen LogP contribution in [0.15, 0.2) is 0 Å². The Morgan fingerprint density at radius 1 is 0.667 bits per heavy atom. The van der Waals surface area contributed by atoms with Crippen LogP contribution in [0.2, 0.25) is 0 Å². The quantitative estimate of drug-likeness (QED) is 0.0827. The predicted octanol–water partition coefficient (Wildman–Crippen LogP) is -0.404. The van der Waals surface area contributed by atoms with Gasteiger partial charge in [-0.15, -0.1) is 0 Å². The van der Waals surface area contributed by atoms with Crippen molar-refractivity contribution in [2.24, 2.45) is 5.73 Å². The highest BCUT2D eigenvalue weighted by Crippen LogP contribution is 2.04. The van der Waals surface area contributed by atoms with Gasteiger partial charge < -0.3 is 16.4 Å². The summed E-state index contributed by atoms with van der Waals surface area (Å²) in [4.78, 5) is 57.9. The molecule has 0 aliphatic heterocycles. The minimum Gasteiger partial charge on any atom is -0.353 e. The zero-order chi connectivity index (χ0) is 30.0. The van der Waals surface area contributed by atoms with Crippen molar-refractivity contribution in [1.82, 2.24) is 25.8 Å². The van der Waals surface area contributed by atoms with E-state index in [0.29, 0.717) is 5.06 Å². The van der Waals surface area contributed by atoms with Gasteiger partial charge in [-0.2, -0.15) is 0 Å². The van der Waals surface area contributed by atoms with E-state index in [1.54, 1.807) is 0 Å². The van der Waals surface area contributed by atoms with E-state index in [0.717, 1.165) is 6.92 Å². The molecule has 0 aliphatic carbocycles. The second-order valence-electron chi connectivity index (χ2n) is 8.68. The smallest absolute Gasteiger partial charge is 0.246 e. The van der Waals surface area contributed by atoms with Crippen LogP contribution in [0.25, 0.3) is 0 Å². The number of carbonyl (C=O) groups excluding carboxylic acids is 5. The summed E-state index contributed by atoms with van der Waals surface area (Å²) in [5.74, 6) is -3.72. The monoisotopic (exact) mass is 572 g/mol. The van der Waals surface area contributed by atoms with Crippen LogP contribution >= 0.6 is 0 Å². The zero-order valence-corrected chi connectivity index (χ0v) is 21.9. The molecule has 5 amide bonds. The second kappa shape index (κ2) is 20.0. The Kier molecular flexibility index (Phi) is 18.4. The molecular formula is C22H39F3N6O8. The van der Waals surface area contributed by atoms with Crippen molar-refractivity contribution in [3.05, 3.63) is 0 Å². The number of carbonyl (C=O) groups is 5. The molecule has 3 unspecified atom stereocenters. The second-order valence-corrected chi connectivity index (χ2v) is 8.68. The van der Waals surface area contributed by atoms with Gasteiger partial charge in [-0.3, -0.25) is 39.6 Å². The number of halogens is 3. The molecule has 0 saturated carbocycles. The summed E-state index contributed by atoms with van der Waals surface area (Å²) in [6, 6.07) is 0. The molecular weight excluding hydrogens is 533 g/mol. The minimum absolute atomic E-state index is 0.166. The number of hydrogen-bond acceptors (Lipinski definition) is 9. The fraction of sp³-hybridized carbons (Fsp3) is 0.773. The van der Waals surface area contributed by atoms with Crippen LogP contribution in [0, 0.1) is 0 Å².